The van der Waals surface area contributed by atoms with E-state index in [1.165, 1.54) is 3.97 Å². The minimum absolute atomic E-state index is 0.0745. The van der Waals surface area contributed by atoms with Crippen molar-refractivity contribution in [2.75, 3.05) is 0 Å². The monoisotopic (exact) mass is 429 g/mol. The minimum Gasteiger partial charge on any atom is -0.337 e. The summed E-state index contributed by atoms with van der Waals surface area (Å²) in [5, 5.41) is 1.85. The summed E-state index contributed by atoms with van der Waals surface area (Å²) >= 11 is 0. The number of nitrogens with zero attached hydrogens (tertiary/aromatic N) is 3. The van der Waals surface area contributed by atoms with Crippen LogP contribution in [0.25, 0.3) is 21.8 Å². The van der Waals surface area contributed by atoms with Crippen LogP contribution < -0.4 is 0 Å². The van der Waals surface area contributed by atoms with Gasteiger partial charge in [0.25, 0.3) is 10.0 Å². The van der Waals surface area contributed by atoms with Gasteiger partial charge in [-0.05, 0) is 36.8 Å². The Balaban J connectivity index is 1.80. The minimum atomic E-state index is -3.77. The molecule has 3 aromatic carbocycles. The predicted molar refractivity (Wildman–Crippen MR) is 124 cm³/mol. The van der Waals surface area contributed by atoms with Crippen LogP contribution in [0.2, 0.25) is 0 Å². The Bertz CT molecular complexity index is 1530. The second-order valence-corrected chi connectivity index (χ2v) is 9.81. The maximum atomic E-state index is 13.7. The third kappa shape index (κ3) is 3.06. The average molecular weight is 430 g/mol. The van der Waals surface area contributed by atoms with Crippen molar-refractivity contribution in [3.63, 3.8) is 0 Å². The zero-order chi connectivity index (χ0) is 21.8. The van der Waals surface area contributed by atoms with Crippen molar-refractivity contribution in [1.29, 1.82) is 0 Å². The lowest BCUT2D eigenvalue weighted by molar-refractivity contribution is 0.590. The number of aryl methyl sites for hydroxylation is 2. The Morgan fingerprint density at radius 3 is 2.32 bits per heavy atom. The van der Waals surface area contributed by atoms with Gasteiger partial charge in [-0.25, -0.2) is 17.4 Å². The number of hydrogen-bond donors (Lipinski definition) is 0. The fraction of sp³-hybridized carbons (Fsp3) is 0.160. The first-order valence-corrected chi connectivity index (χ1v) is 11.6. The Labute approximate surface area is 181 Å². The maximum Gasteiger partial charge on any atom is 0.268 e. The Kier molecular flexibility index (Phi) is 4.48. The third-order valence-electron chi connectivity index (χ3n) is 6.01. The molecular formula is C25H23N3O2S. The molecule has 0 spiro atoms. The number of aromatic nitrogens is 3. The largest absolute Gasteiger partial charge is 0.337 e. The van der Waals surface area contributed by atoms with E-state index >= 15 is 0 Å². The normalized spacial score (nSPS) is 13.1. The van der Waals surface area contributed by atoms with E-state index in [0.29, 0.717) is 11.0 Å². The first-order valence-electron chi connectivity index (χ1n) is 10.2. The molecule has 31 heavy (non-hydrogen) atoms. The molecule has 2 heterocycles. The molecule has 0 saturated heterocycles. The quantitative estimate of drug-likeness (QED) is 0.393. The summed E-state index contributed by atoms with van der Waals surface area (Å²) in [5.41, 5.74) is 4.51. The third-order valence-corrected chi connectivity index (χ3v) is 7.75. The van der Waals surface area contributed by atoms with E-state index < -0.39 is 10.0 Å². The second-order valence-electron chi connectivity index (χ2n) is 8.03. The molecule has 156 valence electrons. The van der Waals surface area contributed by atoms with E-state index in [0.717, 1.165) is 27.6 Å². The lowest BCUT2D eigenvalue weighted by Gasteiger charge is -2.14. The lowest BCUT2D eigenvalue weighted by atomic mass is 9.97. The summed E-state index contributed by atoms with van der Waals surface area (Å²) in [6, 6.07) is 20.8. The molecule has 1 unspecified atom stereocenters. The molecule has 0 aliphatic rings. The van der Waals surface area contributed by atoms with Gasteiger partial charge in [0, 0.05) is 35.6 Å². The van der Waals surface area contributed by atoms with Crippen LogP contribution in [0, 0.1) is 6.92 Å². The van der Waals surface area contributed by atoms with Gasteiger partial charge < -0.3 is 4.57 Å². The van der Waals surface area contributed by atoms with Crippen molar-refractivity contribution in [2.45, 2.75) is 24.7 Å². The highest BCUT2D eigenvalue weighted by atomic mass is 32.2. The lowest BCUT2D eigenvalue weighted by Crippen LogP contribution is -2.13. The van der Waals surface area contributed by atoms with Crippen molar-refractivity contribution >= 4 is 31.8 Å². The molecule has 1 atom stereocenters. The highest BCUT2D eigenvalue weighted by Crippen LogP contribution is 2.35. The number of rotatable bonds is 4. The number of hydrogen-bond acceptors (Lipinski definition) is 3. The maximum absolute atomic E-state index is 13.7. The molecule has 5 aromatic rings. The van der Waals surface area contributed by atoms with Gasteiger partial charge in [-0.15, -0.1) is 0 Å². The zero-order valence-electron chi connectivity index (χ0n) is 17.6. The Morgan fingerprint density at radius 1 is 0.903 bits per heavy atom. The second kappa shape index (κ2) is 7.10. The van der Waals surface area contributed by atoms with Gasteiger partial charge in [-0.2, -0.15) is 0 Å². The van der Waals surface area contributed by atoms with Gasteiger partial charge in [0.15, 0.2) is 0 Å². The van der Waals surface area contributed by atoms with E-state index in [9.17, 15) is 8.42 Å². The van der Waals surface area contributed by atoms with Crippen molar-refractivity contribution in [3.8, 4) is 0 Å². The van der Waals surface area contributed by atoms with Gasteiger partial charge >= 0.3 is 0 Å². The van der Waals surface area contributed by atoms with Crippen LogP contribution in [0.4, 0.5) is 0 Å². The number of para-hydroxylation sites is 1. The van der Waals surface area contributed by atoms with Crippen LogP contribution in [0.5, 0.6) is 0 Å². The fourth-order valence-corrected chi connectivity index (χ4v) is 5.77. The van der Waals surface area contributed by atoms with E-state index in [1.807, 2.05) is 73.3 Å². The number of imidazole rings is 1. The summed E-state index contributed by atoms with van der Waals surface area (Å²) in [6.07, 6.45) is 3.64. The van der Waals surface area contributed by atoms with E-state index in [1.54, 1.807) is 18.5 Å². The zero-order valence-corrected chi connectivity index (χ0v) is 18.5. The summed E-state index contributed by atoms with van der Waals surface area (Å²) in [6.45, 7) is 4.06. The molecular weight excluding hydrogens is 406 g/mol. The SMILES string of the molecule is Cc1ccc(S(=O)(=O)n2c3ccccc3c3ccc(C(C)c4cncn4C)cc32)cc1. The van der Waals surface area contributed by atoms with Gasteiger partial charge in [0.2, 0.25) is 0 Å². The highest BCUT2D eigenvalue weighted by Gasteiger charge is 2.24. The molecule has 5 rings (SSSR count). The van der Waals surface area contributed by atoms with Crippen molar-refractivity contribution < 1.29 is 8.42 Å². The van der Waals surface area contributed by atoms with Gasteiger partial charge in [-0.3, -0.25) is 0 Å². The molecule has 6 heteroatoms. The van der Waals surface area contributed by atoms with Crippen LogP contribution in [-0.2, 0) is 17.1 Å². The molecule has 2 aromatic heterocycles. The first kappa shape index (κ1) is 19.6. The predicted octanol–water partition coefficient (Wildman–Crippen LogP) is 5.23. The summed E-state index contributed by atoms with van der Waals surface area (Å²) in [7, 11) is -1.80. The summed E-state index contributed by atoms with van der Waals surface area (Å²) in [5.74, 6) is 0.0745. The van der Waals surface area contributed by atoms with Crippen molar-refractivity contribution in [2.24, 2.45) is 7.05 Å². The van der Waals surface area contributed by atoms with Crippen LogP contribution in [0.3, 0.4) is 0 Å². The van der Waals surface area contributed by atoms with Gasteiger partial charge in [0.05, 0.1) is 22.3 Å². The van der Waals surface area contributed by atoms with Crippen LogP contribution in [-0.4, -0.2) is 21.9 Å². The molecule has 0 fully saturated rings. The Morgan fingerprint density at radius 2 is 1.61 bits per heavy atom. The highest BCUT2D eigenvalue weighted by molar-refractivity contribution is 7.90. The summed E-state index contributed by atoms with van der Waals surface area (Å²) < 4.78 is 31.0. The molecule has 5 nitrogen and oxygen atoms in total. The molecule has 0 bridgehead atoms. The smallest absolute Gasteiger partial charge is 0.268 e. The number of benzene rings is 3. The molecule has 0 amide bonds. The van der Waals surface area contributed by atoms with Crippen molar-refractivity contribution in [1.82, 2.24) is 13.5 Å². The van der Waals surface area contributed by atoms with E-state index in [2.05, 4.69) is 18.0 Å². The standard InChI is InChI=1S/C25H23N3O2S/c1-17-8-11-20(12-9-17)31(29,30)28-23-7-5-4-6-21(23)22-13-10-19(14-24(22)28)18(2)25-15-26-16-27(25)3/h4-16,18H,1-3H3. The number of fused-ring (bicyclic) bond motifs is 3. The molecule has 0 aliphatic carbocycles. The van der Waals surface area contributed by atoms with Crippen molar-refractivity contribution in [3.05, 3.63) is 96.1 Å². The fourth-order valence-electron chi connectivity index (χ4n) is 4.25. The molecule has 0 saturated carbocycles. The van der Waals surface area contributed by atoms with Crippen LogP contribution >= 0.6 is 0 Å². The average Bonchev–Trinajstić information content (AvgIpc) is 3.34. The van der Waals surface area contributed by atoms with Crippen LogP contribution in [0.1, 0.15) is 29.7 Å². The van der Waals surface area contributed by atoms with Gasteiger partial charge in [0.1, 0.15) is 0 Å². The first-order chi connectivity index (χ1) is 14.9. The van der Waals surface area contributed by atoms with E-state index in [4.69, 9.17) is 0 Å². The van der Waals surface area contributed by atoms with Gasteiger partial charge in [-0.1, -0.05) is 55.0 Å². The Hall–Kier alpha value is -3.38. The van der Waals surface area contributed by atoms with E-state index in [-0.39, 0.29) is 10.8 Å². The van der Waals surface area contributed by atoms with Crippen LogP contribution in [0.15, 0.2) is 84.1 Å². The molecule has 0 N–H and O–H groups in total. The summed E-state index contributed by atoms with van der Waals surface area (Å²) in [4.78, 5) is 4.51. The molecule has 0 aliphatic heterocycles. The molecule has 0 radical (unpaired) electrons. The topological polar surface area (TPSA) is 56.9 Å².